The Bertz CT molecular complexity index is 2250. The van der Waals surface area contributed by atoms with Crippen LogP contribution in [0.25, 0.3) is 21.5 Å². The highest BCUT2D eigenvalue weighted by Gasteiger charge is 2.11. The van der Waals surface area contributed by atoms with Crippen molar-refractivity contribution in [2.45, 2.75) is 39.2 Å². The Labute approximate surface area is 309 Å². The molecule has 0 saturated carbocycles. The molecule has 0 atom stereocenters. The molecule has 0 bridgehead atoms. The molecule has 0 heterocycles. The highest BCUT2D eigenvalue weighted by Crippen LogP contribution is 2.35. The number of anilines is 2. The van der Waals surface area contributed by atoms with Gasteiger partial charge in [0.2, 0.25) is 0 Å². The van der Waals surface area contributed by atoms with E-state index in [0.717, 1.165) is 69.9 Å². The SMILES string of the molecule is C=C(C)C(=O)OCCCCCCOc1ccc(C(=O)Oc2ccc(CNc3ccc(/N=N/c4ccc(N)c5ccccc45)c4ccccc34)cc2)cc1. The second-order valence-electron chi connectivity index (χ2n) is 12.7. The number of hydrogen-bond donors (Lipinski definition) is 2. The van der Waals surface area contributed by atoms with Crippen LogP contribution in [0.2, 0.25) is 0 Å². The number of nitrogens with two attached hydrogens (primary N) is 1. The van der Waals surface area contributed by atoms with Crippen LogP contribution in [0.15, 0.2) is 144 Å². The van der Waals surface area contributed by atoms with E-state index in [0.29, 0.717) is 48.1 Å². The summed E-state index contributed by atoms with van der Waals surface area (Å²) >= 11 is 0. The molecular formula is C44H42N4O5. The number of esters is 2. The van der Waals surface area contributed by atoms with E-state index >= 15 is 0 Å². The molecule has 6 aromatic carbocycles. The Morgan fingerprint density at radius 1 is 0.660 bits per heavy atom. The predicted molar refractivity (Wildman–Crippen MR) is 211 cm³/mol. The van der Waals surface area contributed by atoms with Crippen molar-refractivity contribution in [3.05, 3.63) is 145 Å². The first kappa shape index (κ1) is 36.3. The third-order valence-electron chi connectivity index (χ3n) is 8.70. The summed E-state index contributed by atoms with van der Waals surface area (Å²) in [7, 11) is 0. The third kappa shape index (κ3) is 9.65. The van der Waals surface area contributed by atoms with Crippen molar-refractivity contribution in [1.29, 1.82) is 0 Å². The van der Waals surface area contributed by atoms with Crippen LogP contribution in [0, 0.1) is 0 Å². The van der Waals surface area contributed by atoms with Crippen LogP contribution in [-0.4, -0.2) is 25.2 Å². The molecule has 9 nitrogen and oxygen atoms in total. The van der Waals surface area contributed by atoms with Gasteiger partial charge in [0, 0.05) is 45.0 Å². The fourth-order valence-corrected chi connectivity index (χ4v) is 5.79. The number of nitrogens with zero attached hydrogens (tertiary/aromatic N) is 2. The number of ether oxygens (including phenoxy) is 3. The first-order chi connectivity index (χ1) is 25.9. The van der Waals surface area contributed by atoms with Gasteiger partial charge in [-0.15, -0.1) is 10.2 Å². The summed E-state index contributed by atoms with van der Waals surface area (Å²) in [6, 6.07) is 38.1. The molecule has 6 rings (SSSR count). The first-order valence-corrected chi connectivity index (χ1v) is 17.7. The highest BCUT2D eigenvalue weighted by atomic mass is 16.5. The number of rotatable bonds is 16. The van der Waals surface area contributed by atoms with Gasteiger partial charge in [-0.3, -0.25) is 0 Å². The second kappa shape index (κ2) is 17.6. The van der Waals surface area contributed by atoms with Crippen LogP contribution in [0.1, 0.15) is 48.5 Å². The Hall–Kier alpha value is -6.48. The number of carbonyl (C=O) groups is 2. The van der Waals surface area contributed by atoms with Crippen molar-refractivity contribution in [3.8, 4) is 11.5 Å². The molecule has 9 heteroatoms. The van der Waals surface area contributed by atoms with Gasteiger partial charge in [0.1, 0.15) is 11.5 Å². The molecule has 0 aliphatic heterocycles. The lowest BCUT2D eigenvalue weighted by molar-refractivity contribution is -0.139. The molecule has 53 heavy (non-hydrogen) atoms. The third-order valence-corrected chi connectivity index (χ3v) is 8.70. The van der Waals surface area contributed by atoms with E-state index in [1.807, 2.05) is 78.9 Å². The van der Waals surface area contributed by atoms with Gasteiger partial charge >= 0.3 is 11.9 Å². The maximum atomic E-state index is 12.8. The Kier molecular flexibility index (Phi) is 12.1. The zero-order valence-corrected chi connectivity index (χ0v) is 29.7. The Morgan fingerprint density at radius 2 is 1.25 bits per heavy atom. The van der Waals surface area contributed by atoms with Crippen molar-refractivity contribution < 1.29 is 23.8 Å². The van der Waals surface area contributed by atoms with E-state index in [9.17, 15) is 9.59 Å². The molecule has 0 saturated heterocycles. The minimum Gasteiger partial charge on any atom is -0.494 e. The number of unbranched alkanes of at least 4 members (excludes halogenated alkanes) is 3. The molecule has 0 fully saturated rings. The van der Waals surface area contributed by atoms with E-state index in [1.165, 1.54) is 0 Å². The summed E-state index contributed by atoms with van der Waals surface area (Å²) in [5.74, 6) is 0.361. The smallest absolute Gasteiger partial charge is 0.343 e. The summed E-state index contributed by atoms with van der Waals surface area (Å²) in [6.45, 7) is 6.75. The lowest BCUT2D eigenvalue weighted by Gasteiger charge is -2.12. The van der Waals surface area contributed by atoms with Crippen LogP contribution in [0.3, 0.4) is 0 Å². The molecular weight excluding hydrogens is 665 g/mol. The summed E-state index contributed by atoms with van der Waals surface area (Å²) < 4.78 is 16.5. The molecule has 0 aromatic heterocycles. The summed E-state index contributed by atoms with van der Waals surface area (Å²) in [4.78, 5) is 24.2. The number of hydrogen-bond acceptors (Lipinski definition) is 9. The lowest BCUT2D eigenvalue weighted by Crippen LogP contribution is -2.08. The maximum absolute atomic E-state index is 12.8. The molecule has 0 radical (unpaired) electrons. The predicted octanol–water partition coefficient (Wildman–Crippen LogP) is 10.9. The monoisotopic (exact) mass is 706 g/mol. The van der Waals surface area contributed by atoms with Crippen LogP contribution in [-0.2, 0) is 16.1 Å². The fourth-order valence-electron chi connectivity index (χ4n) is 5.79. The van der Waals surface area contributed by atoms with Crippen LogP contribution < -0.4 is 20.5 Å². The number of carbonyl (C=O) groups excluding carboxylic acids is 2. The van der Waals surface area contributed by atoms with Gasteiger partial charge in [0.15, 0.2) is 0 Å². The van der Waals surface area contributed by atoms with Gasteiger partial charge in [-0.25, -0.2) is 9.59 Å². The van der Waals surface area contributed by atoms with Crippen LogP contribution >= 0.6 is 0 Å². The Morgan fingerprint density at radius 3 is 1.92 bits per heavy atom. The summed E-state index contributed by atoms with van der Waals surface area (Å²) in [5.41, 5.74) is 11.3. The number of benzene rings is 6. The summed E-state index contributed by atoms with van der Waals surface area (Å²) in [6.07, 6.45) is 3.59. The first-order valence-electron chi connectivity index (χ1n) is 17.7. The van der Waals surface area contributed by atoms with Crippen molar-refractivity contribution in [2.75, 3.05) is 24.3 Å². The number of nitrogen functional groups attached to an aromatic ring is 1. The molecule has 3 N–H and O–H groups in total. The molecule has 0 spiro atoms. The van der Waals surface area contributed by atoms with Gasteiger partial charge in [-0.1, -0.05) is 67.2 Å². The largest absolute Gasteiger partial charge is 0.494 e. The fraction of sp³-hybridized carbons (Fsp3) is 0.182. The van der Waals surface area contributed by atoms with E-state index < -0.39 is 5.97 Å². The normalized spacial score (nSPS) is 11.1. The zero-order valence-electron chi connectivity index (χ0n) is 29.7. The van der Waals surface area contributed by atoms with Gasteiger partial charge in [0.05, 0.1) is 30.2 Å². The quantitative estimate of drug-likeness (QED) is 0.0256. The molecule has 0 aliphatic carbocycles. The number of azo groups is 1. The Balaban J connectivity index is 0.979. The van der Waals surface area contributed by atoms with Gasteiger partial charge in [-0.2, -0.15) is 0 Å². The van der Waals surface area contributed by atoms with E-state index in [1.54, 1.807) is 43.3 Å². The topological polar surface area (TPSA) is 125 Å². The number of fused-ring (bicyclic) bond motifs is 2. The van der Waals surface area contributed by atoms with E-state index in [2.05, 4.69) is 28.2 Å². The van der Waals surface area contributed by atoms with E-state index in [4.69, 9.17) is 19.9 Å². The molecule has 0 aliphatic rings. The minimum atomic E-state index is -0.442. The highest BCUT2D eigenvalue weighted by molar-refractivity contribution is 6.02. The average molecular weight is 707 g/mol. The number of nitrogens with one attached hydrogen (secondary N) is 1. The average Bonchev–Trinajstić information content (AvgIpc) is 3.18. The van der Waals surface area contributed by atoms with Crippen LogP contribution in [0.4, 0.5) is 22.7 Å². The lowest BCUT2D eigenvalue weighted by atomic mass is 10.1. The zero-order chi connectivity index (χ0) is 37.0. The molecule has 0 amide bonds. The molecule has 0 unspecified atom stereocenters. The molecule has 6 aromatic rings. The van der Waals surface area contributed by atoms with Crippen LogP contribution in [0.5, 0.6) is 11.5 Å². The maximum Gasteiger partial charge on any atom is 0.343 e. The summed E-state index contributed by atoms with van der Waals surface area (Å²) in [5, 5.41) is 16.7. The van der Waals surface area contributed by atoms with Crippen molar-refractivity contribution in [3.63, 3.8) is 0 Å². The molecule has 268 valence electrons. The van der Waals surface area contributed by atoms with Gasteiger partial charge < -0.3 is 25.3 Å². The van der Waals surface area contributed by atoms with Crippen molar-refractivity contribution >= 4 is 56.2 Å². The van der Waals surface area contributed by atoms with Gasteiger partial charge in [0.25, 0.3) is 0 Å². The second-order valence-corrected chi connectivity index (χ2v) is 12.7. The van der Waals surface area contributed by atoms with Crippen molar-refractivity contribution in [2.24, 2.45) is 10.2 Å². The minimum absolute atomic E-state index is 0.346. The van der Waals surface area contributed by atoms with Crippen molar-refractivity contribution in [1.82, 2.24) is 0 Å². The van der Waals surface area contributed by atoms with Gasteiger partial charge in [-0.05, 0) is 98.8 Å². The van der Waals surface area contributed by atoms with E-state index in [-0.39, 0.29) is 5.97 Å². The standard InChI is InChI=1S/C44H42N4O5/c1-30(2)43(49)52-28-10-4-3-9-27-51-33-21-17-32(18-22-33)44(50)53-34-19-15-31(16-20-34)29-46-40-25-26-42(38-14-8-7-13-37(38)40)48-47-41-24-23-39(45)35-11-5-6-12-36(35)41/h5-8,11-26,46H,1,3-4,9-10,27-29,45H2,2H3/b48-47+.